The first kappa shape index (κ1) is 8.04. The quantitative estimate of drug-likeness (QED) is 0.708. The van der Waals surface area contributed by atoms with Crippen LogP contribution >= 0.6 is 0 Å². The Morgan fingerprint density at radius 3 is 2.92 bits per heavy atom. The standard InChI is InChI=1S/C9H12N4/c1-3-6-4-11-9(10)8-7(6)5-12-13(8)2/h4-5H,3H2,1-2H3,(H2,10,11). The molecule has 0 aliphatic carbocycles. The summed E-state index contributed by atoms with van der Waals surface area (Å²) < 4.78 is 1.76. The van der Waals surface area contributed by atoms with Gasteiger partial charge in [0.2, 0.25) is 0 Å². The van der Waals surface area contributed by atoms with E-state index >= 15 is 0 Å². The van der Waals surface area contributed by atoms with E-state index in [1.165, 1.54) is 5.56 Å². The summed E-state index contributed by atoms with van der Waals surface area (Å²) in [6, 6.07) is 0. The average molecular weight is 176 g/mol. The highest BCUT2D eigenvalue weighted by Gasteiger charge is 2.07. The van der Waals surface area contributed by atoms with Crippen molar-refractivity contribution in [3.63, 3.8) is 0 Å². The van der Waals surface area contributed by atoms with Crippen LogP contribution in [-0.2, 0) is 13.5 Å². The molecule has 0 atom stereocenters. The van der Waals surface area contributed by atoms with Gasteiger partial charge in [0.05, 0.1) is 6.20 Å². The van der Waals surface area contributed by atoms with Gasteiger partial charge in [-0.05, 0) is 12.0 Å². The van der Waals surface area contributed by atoms with E-state index in [9.17, 15) is 0 Å². The van der Waals surface area contributed by atoms with Gasteiger partial charge in [0.1, 0.15) is 11.3 Å². The second-order valence-corrected chi connectivity index (χ2v) is 3.05. The van der Waals surface area contributed by atoms with Gasteiger partial charge in [-0.3, -0.25) is 4.68 Å². The summed E-state index contributed by atoms with van der Waals surface area (Å²) >= 11 is 0. The Balaban J connectivity index is 2.87. The van der Waals surface area contributed by atoms with Gasteiger partial charge in [-0.2, -0.15) is 5.10 Å². The number of nitrogens with two attached hydrogens (primary N) is 1. The van der Waals surface area contributed by atoms with Crippen molar-refractivity contribution < 1.29 is 0 Å². The predicted molar refractivity (Wildman–Crippen MR) is 52.3 cm³/mol. The lowest BCUT2D eigenvalue weighted by Crippen LogP contribution is -1.98. The third-order valence-electron chi connectivity index (χ3n) is 2.27. The molecule has 0 aliphatic heterocycles. The summed E-state index contributed by atoms with van der Waals surface area (Å²) in [5, 5.41) is 5.27. The number of anilines is 1. The molecule has 0 spiro atoms. The van der Waals surface area contributed by atoms with Gasteiger partial charge in [0.15, 0.2) is 0 Å². The molecule has 4 heteroatoms. The maximum Gasteiger partial charge on any atom is 0.149 e. The Bertz CT molecular complexity index is 444. The van der Waals surface area contributed by atoms with Crippen molar-refractivity contribution in [2.45, 2.75) is 13.3 Å². The van der Waals surface area contributed by atoms with E-state index in [1.54, 1.807) is 4.68 Å². The number of aryl methyl sites for hydroxylation is 2. The Labute approximate surface area is 76.4 Å². The van der Waals surface area contributed by atoms with E-state index in [0.29, 0.717) is 5.82 Å². The van der Waals surface area contributed by atoms with Gasteiger partial charge in [-0.1, -0.05) is 6.92 Å². The second kappa shape index (κ2) is 2.73. The molecule has 2 aromatic heterocycles. The van der Waals surface area contributed by atoms with Crippen molar-refractivity contribution in [1.82, 2.24) is 14.8 Å². The van der Waals surface area contributed by atoms with Crippen molar-refractivity contribution >= 4 is 16.7 Å². The first-order chi connectivity index (χ1) is 6.24. The van der Waals surface area contributed by atoms with Crippen LogP contribution in [0.4, 0.5) is 5.82 Å². The number of aromatic nitrogens is 3. The summed E-state index contributed by atoms with van der Waals surface area (Å²) in [6.07, 6.45) is 4.61. The lowest BCUT2D eigenvalue weighted by atomic mass is 10.1. The predicted octanol–water partition coefficient (Wildman–Crippen LogP) is 1.11. The zero-order valence-corrected chi connectivity index (χ0v) is 7.78. The van der Waals surface area contributed by atoms with E-state index in [2.05, 4.69) is 17.0 Å². The summed E-state index contributed by atoms with van der Waals surface area (Å²) in [5.74, 6) is 0.548. The van der Waals surface area contributed by atoms with Crippen LogP contribution in [0.3, 0.4) is 0 Å². The topological polar surface area (TPSA) is 56.7 Å². The van der Waals surface area contributed by atoms with Crippen molar-refractivity contribution in [3.05, 3.63) is 18.0 Å². The maximum atomic E-state index is 5.75. The average Bonchev–Trinajstić information content (AvgIpc) is 2.50. The molecule has 0 aliphatic rings. The Morgan fingerprint density at radius 1 is 1.46 bits per heavy atom. The Kier molecular flexibility index (Phi) is 1.69. The van der Waals surface area contributed by atoms with Crippen LogP contribution in [0, 0.1) is 0 Å². The number of nitrogens with zero attached hydrogens (tertiary/aromatic N) is 3. The van der Waals surface area contributed by atoms with E-state index in [1.807, 2.05) is 19.4 Å². The molecule has 0 saturated carbocycles. The van der Waals surface area contributed by atoms with Crippen LogP contribution in [0.1, 0.15) is 12.5 Å². The van der Waals surface area contributed by atoms with E-state index in [0.717, 1.165) is 17.3 Å². The molecule has 0 aromatic carbocycles. The van der Waals surface area contributed by atoms with Crippen LogP contribution in [0.15, 0.2) is 12.4 Å². The zero-order chi connectivity index (χ0) is 9.42. The van der Waals surface area contributed by atoms with E-state index in [-0.39, 0.29) is 0 Å². The fraction of sp³-hybridized carbons (Fsp3) is 0.333. The Morgan fingerprint density at radius 2 is 2.23 bits per heavy atom. The summed E-state index contributed by atoms with van der Waals surface area (Å²) in [6.45, 7) is 2.10. The second-order valence-electron chi connectivity index (χ2n) is 3.05. The summed E-state index contributed by atoms with van der Waals surface area (Å²) in [5.41, 5.74) is 7.88. The fourth-order valence-corrected chi connectivity index (χ4v) is 1.54. The lowest BCUT2D eigenvalue weighted by Gasteiger charge is -2.01. The van der Waals surface area contributed by atoms with Crippen LogP contribution < -0.4 is 5.73 Å². The number of pyridine rings is 1. The van der Waals surface area contributed by atoms with Crippen molar-refractivity contribution in [1.29, 1.82) is 0 Å². The Hall–Kier alpha value is -1.58. The molecule has 4 nitrogen and oxygen atoms in total. The molecule has 0 amide bonds. The van der Waals surface area contributed by atoms with Crippen LogP contribution in [0.5, 0.6) is 0 Å². The highest BCUT2D eigenvalue weighted by atomic mass is 15.3. The molecule has 68 valence electrons. The van der Waals surface area contributed by atoms with Crippen LogP contribution in [-0.4, -0.2) is 14.8 Å². The van der Waals surface area contributed by atoms with Gasteiger partial charge in [-0.15, -0.1) is 0 Å². The molecule has 0 unspecified atom stereocenters. The molecule has 0 radical (unpaired) electrons. The number of hydrogen-bond acceptors (Lipinski definition) is 3. The van der Waals surface area contributed by atoms with E-state index < -0.39 is 0 Å². The fourth-order valence-electron chi connectivity index (χ4n) is 1.54. The molecule has 2 rings (SSSR count). The number of fused-ring (bicyclic) bond motifs is 1. The van der Waals surface area contributed by atoms with Crippen LogP contribution in [0.2, 0.25) is 0 Å². The summed E-state index contributed by atoms with van der Waals surface area (Å²) in [7, 11) is 1.87. The largest absolute Gasteiger partial charge is 0.382 e. The van der Waals surface area contributed by atoms with Crippen molar-refractivity contribution in [2.75, 3.05) is 5.73 Å². The SMILES string of the molecule is CCc1cnc(N)c2c1cnn2C. The molecule has 2 N–H and O–H groups in total. The number of rotatable bonds is 1. The van der Waals surface area contributed by atoms with Gasteiger partial charge >= 0.3 is 0 Å². The third kappa shape index (κ3) is 1.06. The molecule has 2 heterocycles. The normalized spacial score (nSPS) is 10.9. The van der Waals surface area contributed by atoms with Crippen molar-refractivity contribution in [3.8, 4) is 0 Å². The highest BCUT2D eigenvalue weighted by Crippen LogP contribution is 2.21. The smallest absolute Gasteiger partial charge is 0.149 e. The van der Waals surface area contributed by atoms with Gasteiger partial charge in [0, 0.05) is 18.6 Å². The zero-order valence-electron chi connectivity index (χ0n) is 7.78. The minimum Gasteiger partial charge on any atom is -0.382 e. The maximum absolute atomic E-state index is 5.75. The minimum absolute atomic E-state index is 0.548. The molecular formula is C9H12N4. The molecular weight excluding hydrogens is 164 g/mol. The van der Waals surface area contributed by atoms with Crippen LogP contribution in [0.25, 0.3) is 10.9 Å². The van der Waals surface area contributed by atoms with Gasteiger partial charge < -0.3 is 5.73 Å². The molecule has 0 bridgehead atoms. The summed E-state index contributed by atoms with van der Waals surface area (Å²) in [4.78, 5) is 4.13. The lowest BCUT2D eigenvalue weighted by molar-refractivity contribution is 0.796. The highest BCUT2D eigenvalue weighted by molar-refractivity contribution is 5.89. The first-order valence-electron chi connectivity index (χ1n) is 4.29. The monoisotopic (exact) mass is 176 g/mol. The minimum atomic E-state index is 0.548. The molecule has 2 aromatic rings. The number of nitrogen functional groups attached to an aromatic ring is 1. The number of hydrogen-bond donors (Lipinski definition) is 1. The van der Waals surface area contributed by atoms with Crippen molar-refractivity contribution in [2.24, 2.45) is 7.05 Å². The third-order valence-corrected chi connectivity index (χ3v) is 2.27. The molecule has 0 fully saturated rings. The molecule has 13 heavy (non-hydrogen) atoms. The molecule has 0 saturated heterocycles. The van der Waals surface area contributed by atoms with Gasteiger partial charge in [-0.25, -0.2) is 4.98 Å². The van der Waals surface area contributed by atoms with Gasteiger partial charge in [0.25, 0.3) is 0 Å². The van der Waals surface area contributed by atoms with E-state index in [4.69, 9.17) is 5.73 Å². The first-order valence-corrected chi connectivity index (χ1v) is 4.29.